The monoisotopic (exact) mass is 317 g/mol. The zero-order valence-corrected chi connectivity index (χ0v) is 12.7. The van der Waals surface area contributed by atoms with E-state index in [9.17, 15) is 8.78 Å². The number of hydrogen-bond acceptors (Lipinski definition) is 4. The van der Waals surface area contributed by atoms with Gasteiger partial charge in [-0.15, -0.1) is 10.2 Å². The molecular weight excluding hydrogens is 304 g/mol. The van der Waals surface area contributed by atoms with Crippen molar-refractivity contribution in [3.63, 3.8) is 0 Å². The molecule has 0 aliphatic heterocycles. The van der Waals surface area contributed by atoms with E-state index >= 15 is 0 Å². The van der Waals surface area contributed by atoms with Gasteiger partial charge in [0.1, 0.15) is 16.6 Å². The van der Waals surface area contributed by atoms with Crippen molar-refractivity contribution in [2.24, 2.45) is 5.92 Å². The highest BCUT2D eigenvalue weighted by Crippen LogP contribution is 2.29. The minimum absolute atomic E-state index is 0.0829. The third-order valence-electron chi connectivity index (χ3n) is 2.54. The summed E-state index contributed by atoms with van der Waals surface area (Å²) in [6.45, 7) is 5.63. The van der Waals surface area contributed by atoms with E-state index in [2.05, 4.69) is 29.4 Å². The van der Waals surface area contributed by atoms with E-state index in [1.807, 2.05) is 0 Å². The average Bonchev–Trinajstić information content (AvgIpc) is 2.82. The van der Waals surface area contributed by atoms with Crippen LogP contribution < -0.4 is 5.32 Å². The quantitative estimate of drug-likeness (QED) is 0.850. The Morgan fingerprint density at radius 1 is 1.25 bits per heavy atom. The van der Waals surface area contributed by atoms with E-state index in [4.69, 9.17) is 11.6 Å². The van der Waals surface area contributed by atoms with Crippen LogP contribution in [0.25, 0.3) is 10.6 Å². The first-order valence-electron chi connectivity index (χ1n) is 6.15. The summed E-state index contributed by atoms with van der Waals surface area (Å²) in [5.41, 5.74) is 0.0829. The average molecular weight is 318 g/mol. The van der Waals surface area contributed by atoms with Crippen LogP contribution in [0.3, 0.4) is 0 Å². The Hall–Kier alpha value is -1.11. The van der Waals surface area contributed by atoms with Crippen molar-refractivity contribution in [1.29, 1.82) is 0 Å². The first-order valence-corrected chi connectivity index (χ1v) is 7.35. The molecule has 0 atom stereocenters. The second kappa shape index (κ2) is 6.56. The summed E-state index contributed by atoms with van der Waals surface area (Å²) in [7, 11) is 0. The van der Waals surface area contributed by atoms with E-state index in [0.29, 0.717) is 17.5 Å². The van der Waals surface area contributed by atoms with Gasteiger partial charge >= 0.3 is 0 Å². The van der Waals surface area contributed by atoms with Crippen molar-refractivity contribution in [2.45, 2.75) is 20.4 Å². The van der Waals surface area contributed by atoms with Crippen LogP contribution in [0.1, 0.15) is 18.9 Å². The van der Waals surface area contributed by atoms with E-state index < -0.39 is 11.6 Å². The molecule has 1 aromatic carbocycles. The van der Waals surface area contributed by atoms with E-state index in [0.717, 1.165) is 23.7 Å². The second-order valence-corrected chi connectivity index (χ2v) is 6.24. The third kappa shape index (κ3) is 3.71. The molecule has 0 spiro atoms. The molecule has 2 rings (SSSR count). The third-order valence-corrected chi connectivity index (χ3v) is 3.78. The van der Waals surface area contributed by atoms with Crippen LogP contribution >= 0.6 is 22.9 Å². The smallest absolute Gasteiger partial charge is 0.150 e. The second-order valence-electron chi connectivity index (χ2n) is 4.77. The zero-order chi connectivity index (χ0) is 14.7. The Kier molecular flexibility index (Phi) is 5.01. The van der Waals surface area contributed by atoms with Crippen molar-refractivity contribution < 1.29 is 8.78 Å². The van der Waals surface area contributed by atoms with Gasteiger partial charge in [0.05, 0.1) is 10.6 Å². The number of benzene rings is 1. The molecule has 0 saturated carbocycles. The maximum Gasteiger partial charge on any atom is 0.150 e. The maximum atomic E-state index is 13.8. The molecule has 0 aliphatic rings. The molecule has 1 aromatic heterocycles. The van der Waals surface area contributed by atoms with Crippen molar-refractivity contribution in [3.05, 3.63) is 33.8 Å². The molecule has 1 heterocycles. The van der Waals surface area contributed by atoms with E-state index in [1.165, 1.54) is 11.3 Å². The van der Waals surface area contributed by atoms with E-state index in [1.54, 1.807) is 0 Å². The number of nitrogens with zero attached hydrogens (tertiary/aromatic N) is 2. The fourth-order valence-electron chi connectivity index (χ4n) is 1.59. The molecule has 0 unspecified atom stereocenters. The molecule has 7 heteroatoms. The summed E-state index contributed by atoms with van der Waals surface area (Å²) in [6, 6.07) is 1.99. The SMILES string of the molecule is CC(C)CNCc1nnc(-c2cc(F)c(Cl)cc2F)s1. The number of aromatic nitrogens is 2. The summed E-state index contributed by atoms with van der Waals surface area (Å²) in [6.07, 6.45) is 0. The largest absolute Gasteiger partial charge is 0.310 e. The highest BCUT2D eigenvalue weighted by molar-refractivity contribution is 7.14. The summed E-state index contributed by atoms with van der Waals surface area (Å²) < 4.78 is 27.1. The minimum atomic E-state index is -0.669. The molecule has 0 amide bonds. The fraction of sp³-hybridized carbons (Fsp3) is 0.385. The Morgan fingerprint density at radius 3 is 2.70 bits per heavy atom. The van der Waals surface area contributed by atoms with Gasteiger partial charge in [-0.2, -0.15) is 0 Å². The van der Waals surface area contributed by atoms with Gasteiger partial charge in [0, 0.05) is 6.54 Å². The number of nitrogens with one attached hydrogen (secondary N) is 1. The first kappa shape index (κ1) is 15.3. The first-order chi connectivity index (χ1) is 9.47. The molecule has 20 heavy (non-hydrogen) atoms. The van der Waals surface area contributed by atoms with Crippen LogP contribution in [0.5, 0.6) is 0 Å². The minimum Gasteiger partial charge on any atom is -0.310 e. The lowest BCUT2D eigenvalue weighted by Gasteiger charge is -2.04. The molecule has 0 fully saturated rings. The standard InChI is InChI=1S/C13H14ClF2N3S/c1-7(2)5-17-6-12-18-19-13(20-12)8-3-11(16)9(14)4-10(8)15/h3-4,7,17H,5-6H2,1-2H3. The van der Waals surface area contributed by atoms with Crippen LogP contribution in [-0.4, -0.2) is 16.7 Å². The van der Waals surface area contributed by atoms with E-state index in [-0.39, 0.29) is 10.6 Å². The lowest BCUT2D eigenvalue weighted by Crippen LogP contribution is -2.18. The number of rotatable bonds is 5. The van der Waals surface area contributed by atoms with Crippen LogP contribution in [0.2, 0.25) is 5.02 Å². The van der Waals surface area contributed by atoms with Gasteiger partial charge in [0.15, 0.2) is 5.01 Å². The molecule has 0 bridgehead atoms. The zero-order valence-electron chi connectivity index (χ0n) is 11.1. The van der Waals surface area contributed by atoms with Gasteiger partial charge in [-0.3, -0.25) is 0 Å². The summed E-state index contributed by atoms with van der Waals surface area (Å²) >= 11 is 6.75. The van der Waals surface area contributed by atoms with Crippen LogP contribution in [-0.2, 0) is 6.54 Å². The molecule has 3 nitrogen and oxygen atoms in total. The summed E-state index contributed by atoms with van der Waals surface area (Å²) in [4.78, 5) is 0. The summed E-state index contributed by atoms with van der Waals surface area (Å²) in [5, 5.41) is 11.9. The fourth-order valence-corrected chi connectivity index (χ4v) is 2.57. The Morgan fingerprint density at radius 2 is 2.00 bits per heavy atom. The number of halogens is 3. The number of hydrogen-bond donors (Lipinski definition) is 1. The predicted molar refractivity (Wildman–Crippen MR) is 76.8 cm³/mol. The Balaban J connectivity index is 2.14. The molecule has 0 radical (unpaired) electrons. The molecule has 1 N–H and O–H groups in total. The van der Waals surface area contributed by atoms with Gasteiger partial charge in [-0.25, -0.2) is 8.78 Å². The molecule has 108 valence electrons. The van der Waals surface area contributed by atoms with Gasteiger partial charge in [0.2, 0.25) is 0 Å². The van der Waals surface area contributed by atoms with Crippen LogP contribution in [0, 0.1) is 17.6 Å². The lowest BCUT2D eigenvalue weighted by molar-refractivity contribution is 0.550. The highest BCUT2D eigenvalue weighted by atomic mass is 35.5. The van der Waals surface area contributed by atoms with Crippen molar-refractivity contribution in [3.8, 4) is 10.6 Å². The summed E-state index contributed by atoms with van der Waals surface area (Å²) in [5.74, 6) is -0.739. The van der Waals surface area contributed by atoms with Crippen molar-refractivity contribution >= 4 is 22.9 Å². The predicted octanol–water partition coefficient (Wildman–Crippen LogP) is 3.88. The van der Waals surface area contributed by atoms with Gasteiger partial charge < -0.3 is 5.32 Å². The highest BCUT2D eigenvalue weighted by Gasteiger charge is 2.14. The van der Waals surface area contributed by atoms with Crippen LogP contribution in [0.4, 0.5) is 8.78 Å². The Labute approximate surface area is 125 Å². The Bertz CT molecular complexity index is 601. The van der Waals surface area contributed by atoms with Gasteiger partial charge in [-0.05, 0) is 24.6 Å². The maximum absolute atomic E-state index is 13.8. The normalized spacial score (nSPS) is 11.3. The topological polar surface area (TPSA) is 37.8 Å². The van der Waals surface area contributed by atoms with Gasteiger partial charge in [0.25, 0.3) is 0 Å². The molecular formula is C13H14ClF2N3S. The lowest BCUT2D eigenvalue weighted by atomic mass is 10.2. The molecule has 0 saturated heterocycles. The van der Waals surface area contributed by atoms with Gasteiger partial charge in [-0.1, -0.05) is 36.8 Å². The van der Waals surface area contributed by atoms with Crippen molar-refractivity contribution in [2.75, 3.05) is 6.54 Å². The van der Waals surface area contributed by atoms with Crippen LogP contribution in [0.15, 0.2) is 12.1 Å². The molecule has 0 aliphatic carbocycles. The van der Waals surface area contributed by atoms with Crippen molar-refractivity contribution in [1.82, 2.24) is 15.5 Å². The molecule has 2 aromatic rings.